The molecule has 0 radical (unpaired) electrons. The van der Waals surface area contributed by atoms with Gasteiger partial charge in [0.25, 0.3) is 0 Å². The van der Waals surface area contributed by atoms with Crippen LogP contribution in [0.2, 0.25) is 10.2 Å². The van der Waals surface area contributed by atoms with Crippen molar-refractivity contribution in [1.29, 1.82) is 0 Å². The molecule has 0 unspecified atom stereocenters. The minimum Gasteiger partial charge on any atom is -0.251 e. The van der Waals surface area contributed by atoms with Crippen molar-refractivity contribution in [2.24, 2.45) is 0 Å². The summed E-state index contributed by atoms with van der Waals surface area (Å²) in [4.78, 5) is 12.8. The molecule has 0 atom stereocenters. The van der Waals surface area contributed by atoms with Crippen LogP contribution in [0.4, 0.5) is 0 Å². The van der Waals surface area contributed by atoms with Crippen molar-refractivity contribution in [3.63, 3.8) is 0 Å². The predicted molar refractivity (Wildman–Crippen MR) is 69.4 cm³/mol. The van der Waals surface area contributed by atoms with Gasteiger partial charge in [0.1, 0.15) is 10.8 Å². The molecule has 0 fully saturated rings. The molecular weight excluding hydrogens is 257 g/mol. The molecule has 0 aromatic carbocycles. The Morgan fingerprint density at radius 3 is 2.47 bits per heavy atom. The number of hydrogen-bond donors (Lipinski definition) is 0. The van der Waals surface area contributed by atoms with Crippen LogP contribution in [0.15, 0.2) is 24.4 Å². The van der Waals surface area contributed by atoms with Gasteiger partial charge in [-0.1, -0.05) is 37.0 Å². The summed E-state index contributed by atoms with van der Waals surface area (Å²) >= 11 is 11.8. The molecule has 0 N–H and O–H groups in total. The van der Waals surface area contributed by atoms with Crippen molar-refractivity contribution in [2.45, 2.75) is 19.8 Å². The molecule has 0 bridgehead atoms. The molecule has 2 aromatic rings. The first-order valence-corrected chi connectivity index (χ1v) is 5.98. The van der Waals surface area contributed by atoms with Gasteiger partial charge in [-0.05, 0) is 24.1 Å². The van der Waals surface area contributed by atoms with Crippen LogP contribution in [0.3, 0.4) is 0 Å². The molecule has 0 aliphatic heterocycles. The largest absolute Gasteiger partial charge is 0.251 e. The second-order valence-electron chi connectivity index (χ2n) is 3.96. The van der Waals surface area contributed by atoms with Gasteiger partial charge in [-0.25, -0.2) is 9.97 Å². The molecule has 2 heterocycles. The number of halogens is 2. The van der Waals surface area contributed by atoms with Gasteiger partial charge in [0, 0.05) is 11.9 Å². The van der Waals surface area contributed by atoms with Crippen LogP contribution in [0.5, 0.6) is 0 Å². The van der Waals surface area contributed by atoms with E-state index in [0.717, 1.165) is 5.69 Å². The van der Waals surface area contributed by atoms with Gasteiger partial charge in [0.15, 0.2) is 5.82 Å². The van der Waals surface area contributed by atoms with Crippen molar-refractivity contribution < 1.29 is 0 Å². The Labute approximate surface area is 110 Å². The lowest BCUT2D eigenvalue weighted by atomic mass is 10.1. The van der Waals surface area contributed by atoms with Crippen molar-refractivity contribution in [3.05, 3.63) is 40.3 Å². The maximum atomic E-state index is 5.97. The summed E-state index contributed by atoms with van der Waals surface area (Å²) in [5.41, 5.74) is 1.57. The minimum atomic E-state index is 0.293. The second-order valence-corrected chi connectivity index (χ2v) is 4.78. The van der Waals surface area contributed by atoms with E-state index in [1.54, 1.807) is 24.4 Å². The number of rotatable bonds is 2. The number of pyridine rings is 1. The summed E-state index contributed by atoms with van der Waals surface area (Å²) < 4.78 is 0. The fraction of sp³-hybridized carbons (Fsp3) is 0.250. The number of hydrogen-bond acceptors (Lipinski definition) is 3. The highest BCUT2D eigenvalue weighted by atomic mass is 35.5. The highest BCUT2D eigenvalue weighted by molar-refractivity contribution is 6.30. The van der Waals surface area contributed by atoms with E-state index in [0.29, 0.717) is 27.6 Å². The number of aromatic nitrogens is 3. The molecule has 5 heteroatoms. The minimum absolute atomic E-state index is 0.293. The molecule has 0 aliphatic rings. The monoisotopic (exact) mass is 267 g/mol. The van der Waals surface area contributed by atoms with Gasteiger partial charge >= 0.3 is 0 Å². The Bertz CT molecular complexity index is 524. The van der Waals surface area contributed by atoms with E-state index in [1.165, 1.54) is 0 Å². The first kappa shape index (κ1) is 12.3. The molecule has 0 saturated heterocycles. The Balaban J connectivity index is 2.48. The molecule has 0 spiro atoms. The lowest BCUT2D eigenvalue weighted by Crippen LogP contribution is -1.99. The normalized spacial score (nSPS) is 10.9. The SMILES string of the molecule is CC(C)c1cc(Cl)nc(-c2ccc(Cl)cn2)n1. The molecule has 2 aromatic heterocycles. The standard InChI is InChI=1S/C12H11Cl2N3/c1-7(2)10-5-11(14)17-12(16-10)9-4-3-8(13)6-15-9/h3-7H,1-2H3. The van der Waals surface area contributed by atoms with Crippen LogP contribution in [-0.2, 0) is 0 Å². The fourth-order valence-electron chi connectivity index (χ4n) is 1.35. The van der Waals surface area contributed by atoms with E-state index in [2.05, 4.69) is 28.8 Å². The molecule has 0 amide bonds. The first-order chi connectivity index (χ1) is 8.06. The van der Waals surface area contributed by atoms with Crippen molar-refractivity contribution >= 4 is 23.2 Å². The Morgan fingerprint density at radius 1 is 1.12 bits per heavy atom. The molecule has 0 aliphatic carbocycles. The zero-order valence-electron chi connectivity index (χ0n) is 9.48. The third kappa shape index (κ3) is 2.93. The van der Waals surface area contributed by atoms with Crippen molar-refractivity contribution in [1.82, 2.24) is 15.0 Å². The molecule has 17 heavy (non-hydrogen) atoms. The Hall–Kier alpha value is -1.19. The van der Waals surface area contributed by atoms with Gasteiger partial charge in [0.2, 0.25) is 0 Å². The van der Waals surface area contributed by atoms with Gasteiger partial charge in [-0.3, -0.25) is 4.98 Å². The third-order valence-corrected chi connectivity index (χ3v) is 2.68. The molecule has 0 saturated carbocycles. The topological polar surface area (TPSA) is 38.7 Å². The predicted octanol–water partition coefficient (Wildman–Crippen LogP) is 3.97. The van der Waals surface area contributed by atoms with Crippen molar-refractivity contribution in [2.75, 3.05) is 0 Å². The summed E-state index contributed by atoms with van der Waals surface area (Å²) in [7, 11) is 0. The van der Waals surface area contributed by atoms with E-state index < -0.39 is 0 Å². The smallest absolute Gasteiger partial charge is 0.179 e. The lowest BCUT2D eigenvalue weighted by molar-refractivity contribution is 0.816. The highest BCUT2D eigenvalue weighted by Gasteiger charge is 2.09. The summed E-state index contributed by atoms with van der Waals surface area (Å²) in [6.45, 7) is 4.11. The fourth-order valence-corrected chi connectivity index (χ4v) is 1.66. The van der Waals surface area contributed by atoms with E-state index in [9.17, 15) is 0 Å². The van der Waals surface area contributed by atoms with Gasteiger partial charge in [-0.2, -0.15) is 0 Å². The van der Waals surface area contributed by atoms with Crippen LogP contribution >= 0.6 is 23.2 Å². The summed E-state index contributed by atoms with van der Waals surface area (Å²) in [5, 5.41) is 1.01. The molecule has 3 nitrogen and oxygen atoms in total. The quantitative estimate of drug-likeness (QED) is 0.773. The lowest BCUT2D eigenvalue weighted by Gasteiger charge is -2.07. The third-order valence-electron chi connectivity index (χ3n) is 2.26. The summed E-state index contributed by atoms with van der Waals surface area (Å²) in [6.07, 6.45) is 1.57. The summed E-state index contributed by atoms with van der Waals surface area (Å²) in [5.74, 6) is 0.819. The van der Waals surface area contributed by atoms with E-state index in [1.807, 2.05) is 0 Å². The average molecular weight is 268 g/mol. The van der Waals surface area contributed by atoms with Crippen LogP contribution in [0, 0.1) is 0 Å². The first-order valence-electron chi connectivity index (χ1n) is 5.22. The Kier molecular flexibility index (Phi) is 3.60. The van der Waals surface area contributed by atoms with Crippen molar-refractivity contribution in [3.8, 4) is 11.5 Å². The molecule has 88 valence electrons. The van der Waals surface area contributed by atoms with Crippen LogP contribution in [0.1, 0.15) is 25.5 Å². The van der Waals surface area contributed by atoms with Crippen LogP contribution in [-0.4, -0.2) is 15.0 Å². The van der Waals surface area contributed by atoms with E-state index in [-0.39, 0.29) is 0 Å². The van der Waals surface area contributed by atoms with Gasteiger partial charge in [-0.15, -0.1) is 0 Å². The average Bonchev–Trinajstić information content (AvgIpc) is 2.29. The van der Waals surface area contributed by atoms with Crippen LogP contribution < -0.4 is 0 Å². The van der Waals surface area contributed by atoms with Gasteiger partial charge in [0.05, 0.1) is 5.02 Å². The second kappa shape index (κ2) is 4.98. The number of nitrogens with zero attached hydrogens (tertiary/aromatic N) is 3. The van der Waals surface area contributed by atoms with E-state index >= 15 is 0 Å². The maximum absolute atomic E-state index is 5.97. The van der Waals surface area contributed by atoms with Crippen LogP contribution in [0.25, 0.3) is 11.5 Å². The summed E-state index contributed by atoms with van der Waals surface area (Å²) in [6, 6.07) is 5.30. The van der Waals surface area contributed by atoms with E-state index in [4.69, 9.17) is 23.2 Å². The highest BCUT2D eigenvalue weighted by Crippen LogP contribution is 2.21. The zero-order valence-corrected chi connectivity index (χ0v) is 11.0. The zero-order chi connectivity index (χ0) is 12.4. The maximum Gasteiger partial charge on any atom is 0.179 e. The molecular formula is C12H11Cl2N3. The molecule has 2 rings (SSSR count). The Morgan fingerprint density at radius 2 is 1.88 bits per heavy atom. The van der Waals surface area contributed by atoms with Gasteiger partial charge < -0.3 is 0 Å².